The Hall–Kier alpha value is -1.89. The summed E-state index contributed by atoms with van der Waals surface area (Å²) in [5.74, 6) is -0.714. The van der Waals surface area contributed by atoms with Gasteiger partial charge >= 0.3 is 0 Å². The second-order valence-electron chi connectivity index (χ2n) is 6.69. The van der Waals surface area contributed by atoms with Crippen molar-refractivity contribution in [1.82, 2.24) is 19.7 Å². The van der Waals surface area contributed by atoms with Crippen molar-refractivity contribution in [3.8, 4) is 11.4 Å². The van der Waals surface area contributed by atoms with Crippen molar-refractivity contribution >= 4 is 29.7 Å². The Kier molecular flexibility index (Phi) is 6.36. The molecule has 0 radical (unpaired) electrons. The number of hydrogen-bond acceptors (Lipinski definition) is 7. The van der Waals surface area contributed by atoms with Crippen molar-refractivity contribution in [2.24, 2.45) is 7.05 Å². The fraction of sp³-hybridized carbons (Fsp3) is 0.471. The van der Waals surface area contributed by atoms with E-state index >= 15 is 0 Å². The molecular formula is C17H20ClFN4O5S. The first-order valence-electron chi connectivity index (χ1n) is 8.66. The van der Waals surface area contributed by atoms with Gasteiger partial charge in [0.1, 0.15) is 30.2 Å². The minimum Gasteiger partial charge on any atom is -0.394 e. The summed E-state index contributed by atoms with van der Waals surface area (Å²) >= 11 is 11.3. The van der Waals surface area contributed by atoms with Crippen molar-refractivity contribution in [1.29, 1.82) is 0 Å². The summed E-state index contributed by atoms with van der Waals surface area (Å²) in [6.07, 6.45) is -5.10. The number of nitrogens with zero attached hydrogens (tertiary/aromatic N) is 3. The summed E-state index contributed by atoms with van der Waals surface area (Å²) < 4.78 is 22.2. The molecule has 2 heterocycles. The fourth-order valence-electron chi connectivity index (χ4n) is 3.21. The number of ether oxygens (including phenoxy) is 1. The summed E-state index contributed by atoms with van der Waals surface area (Å²) in [5.41, 5.74) is 0.481. The molecule has 0 aliphatic carbocycles. The molecule has 2 aromatic rings. The van der Waals surface area contributed by atoms with Gasteiger partial charge in [-0.2, -0.15) is 0 Å². The van der Waals surface area contributed by atoms with Crippen LogP contribution in [-0.4, -0.2) is 66.5 Å². The van der Waals surface area contributed by atoms with Gasteiger partial charge in [-0.3, -0.25) is 4.79 Å². The van der Waals surface area contributed by atoms with Gasteiger partial charge < -0.3 is 29.9 Å². The lowest BCUT2D eigenvalue weighted by Gasteiger charge is -2.42. The van der Waals surface area contributed by atoms with Crippen LogP contribution < -0.4 is 5.32 Å². The largest absolute Gasteiger partial charge is 0.394 e. The van der Waals surface area contributed by atoms with Crippen LogP contribution in [0.4, 0.5) is 4.39 Å². The van der Waals surface area contributed by atoms with E-state index in [1.165, 1.54) is 34.4 Å². The Morgan fingerprint density at radius 2 is 2.10 bits per heavy atom. The predicted molar refractivity (Wildman–Crippen MR) is 103 cm³/mol. The number of benzene rings is 1. The van der Waals surface area contributed by atoms with Crippen molar-refractivity contribution in [2.75, 3.05) is 6.61 Å². The van der Waals surface area contributed by atoms with E-state index in [2.05, 4.69) is 10.4 Å². The molecule has 0 unspecified atom stereocenters. The fourth-order valence-corrected chi connectivity index (χ4v) is 3.62. The molecule has 4 N–H and O–H groups in total. The van der Waals surface area contributed by atoms with Crippen molar-refractivity contribution < 1.29 is 29.2 Å². The monoisotopic (exact) mass is 446 g/mol. The number of aliphatic hydroxyl groups is 3. The Balaban J connectivity index is 2.08. The van der Waals surface area contributed by atoms with Crippen LogP contribution >= 0.6 is 23.8 Å². The molecule has 1 amide bonds. The van der Waals surface area contributed by atoms with Gasteiger partial charge in [0.05, 0.1) is 11.6 Å². The first-order chi connectivity index (χ1) is 13.6. The van der Waals surface area contributed by atoms with Crippen LogP contribution in [0.25, 0.3) is 11.4 Å². The number of aliphatic hydroxyl groups excluding tert-OH is 3. The number of nitrogens with one attached hydrogen (secondary N) is 1. The Labute approximate surface area is 175 Å². The molecule has 3 rings (SSSR count). The molecule has 1 saturated heterocycles. The summed E-state index contributed by atoms with van der Waals surface area (Å²) in [4.78, 5) is 11.6. The van der Waals surface area contributed by atoms with Crippen LogP contribution in [0.2, 0.25) is 5.02 Å². The lowest BCUT2D eigenvalue weighted by atomic mass is 9.96. The van der Waals surface area contributed by atoms with Crippen LogP contribution in [0, 0.1) is 10.6 Å². The molecule has 9 nitrogen and oxygen atoms in total. The molecule has 1 aliphatic heterocycles. The average molecular weight is 447 g/mol. The molecule has 158 valence electrons. The van der Waals surface area contributed by atoms with Crippen LogP contribution in [0.5, 0.6) is 0 Å². The zero-order valence-electron chi connectivity index (χ0n) is 15.5. The minimum atomic E-state index is -1.44. The van der Waals surface area contributed by atoms with E-state index in [4.69, 9.17) is 28.6 Å². The minimum absolute atomic E-state index is 0.0908. The maximum absolute atomic E-state index is 13.5. The van der Waals surface area contributed by atoms with Gasteiger partial charge in [-0.15, -0.1) is 5.10 Å². The van der Waals surface area contributed by atoms with Crippen LogP contribution in [0.15, 0.2) is 18.2 Å². The zero-order valence-corrected chi connectivity index (χ0v) is 17.1. The van der Waals surface area contributed by atoms with Gasteiger partial charge in [0.15, 0.2) is 16.8 Å². The standard InChI is InChI=1S/C17H20ClFN4O5S/c1-7(25)20-12-14(27)13(26)11(6-24)28-16(12)23-17(29)22(2)15(21-23)8-3-4-10(19)9(18)5-8/h3-5,11-14,16,24,26-27H,6H2,1-2H3,(H,20,25)/t11-,12-,13-,14-,16-/m1/s1. The third kappa shape index (κ3) is 4.06. The van der Waals surface area contributed by atoms with E-state index in [1.54, 1.807) is 7.05 Å². The topological polar surface area (TPSA) is 122 Å². The van der Waals surface area contributed by atoms with Crippen molar-refractivity contribution in [3.05, 3.63) is 33.8 Å². The van der Waals surface area contributed by atoms with Crippen LogP contribution in [0.3, 0.4) is 0 Å². The van der Waals surface area contributed by atoms with Gasteiger partial charge in [0, 0.05) is 19.5 Å². The van der Waals surface area contributed by atoms with Crippen molar-refractivity contribution in [3.63, 3.8) is 0 Å². The smallest absolute Gasteiger partial charge is 0.217 e. The number of rotatable bonds is 4. The summed E-state index contributed by atoms with van der Waals surface area (Å²) in [6, 6.07) is 2.97. The van der Waals surface area contributed by atoms with E-state index < -0.39 is 48.9 Å². The Morgan fingerprint density at radius 3 is 2.69 bits per heavy atom. The SMILES string of the molecule is CC(=O)N[C@@H]1[C@@H](O)[C@H](O)[C@@H](CO)O[C@H]1n1nc(-c2ccc(F)c(Cl)c2)n(C)c1=S. The Morgan fingerprint density at radius 1 is 1.41 bits per heavy atom. The summed E-state index contributed by atoms with van der Waals surface area (Å²) in [7, 11) is 1.63. The zero-order chi connectivity index (χ0) is 21.5. The maximum Gasteiger partial charge on any atom is 0.217 e. The second-order valence-corrected chi connectivity index (χ2v) is 7.47. The van der Waals surface area contributed by atoms with E-state index in [-0.39, 0.29) is 9.79 Å². The number of halogens is 2. The van der Waals surface area contributed by atoms with Crippen molar-refractivity contribution in [2.45, 2.75) is 37.5 Å². The van der Waals surface area contributed by atoms with Gasteiger partial charge in [-0.1, -0.05) is 11.6 Å². The highest BCUT2D eigenvalue weighted by Gasteiger charge is 2.46. The van der Waals surface area contributed by atoms with Gasteiger partial charge in [-0.25, -0.2) is 9.07 Å². The third-order valence-corrected chi connectivity index (χ3v) is 5.44. The molecule has 1 aromatic carbocycles. The lowest BCUT2D eigenvalue weighted by Crippen LogP contribution is -2.62. The average Bonchev–Trinajstić information content (AvgIpc) is 2.96. The van der Waals surface area contributed by atoms with Crippen LogP contribution in [0.1, 0.15) is 13.2 Å². The van der Waals surface area contributed by atoms with Gasteiger partial charge in [-0.05, 0) is 30.4 Å². The number of hydrogen-bond donors (Lipinski definition) is 4. The maximum atomic E-state index is 13.5. The molecule has 1 aliphatic rings. The molecule has 12 heteroatoms. The molecule has 5 atom stereocenters. The number of aromatic nitrogens is 3. The third-order valence-electron chi connectivity index (χ3n) is 4.69. The number of amides is 1. The molecular weight excluding hydrogens is 427 g/mol. The molecule has 1 fully saturated rings. The van der Waals surface area contributed by atoms with E-state index in [1.807, 2.05) is 0 Å². The first-order valence-corrected chi connectivity index (χ1v) is 9.44. The molecule has 29 heavy (non-hydrogen) atoms. The predicted octanol–water partition coefficient (Wildman–Crippen LogP) is 0.527. The van der Waals surface area contributed by atoms with E-state index in [0.717, 1.165) is 0 Å². The summed E-state index contributed by atoms with van der Waals surface area (Å²) in [6.45, 7) is 0.681. The number of carbonyl (C=O) groups is 1. The van der Waals surface area contributed by atoms with E-state index in [0.29, 0.717) is 11.4 Å². The first kappa shape index (κ1) is 21.8. The highest BCUT2D eigenvalue weighted by atomic mass is 35.5. The number of carbonyl (C=O) groups excluding carboxylic acids is 1. The van der Waals surface area contributed by atoms with E-state index in [9.17, 15) is 24.5 Å². The Bertz CT molecular complexity index is 983. The molecule has 1 aromatic heterocycles. The highest BCUT2D eigenvalue weighted by molar-refractivity contribution is 7.71. The summed E-state index contributed by atoms with van der Waals surface area (Å²) in [5, 5.41) is 36.9. The second kappa shape index (κ2) is 8.46. The van der Waals surface area contributed by atoms with Gasteiger partial charge in [0.2, 0.25) is 5.91 Å². The van der Waals surface area contributed by atoms with Crippen LogP contribution in [-0.2, 0) is 16.6 Å². The highest BCUT2D eigenvalue weighted by Crippen LogP contribution is 2.30. The molecule has 0 saturated carbocycles. The molecule has 0 spiro atoms. The lowest BCUT2D eigenvalue weighted by molar-refractivity contribution is -0.219. The molecule has 0 bridgehead atoms. The van der Waals surface area contributed by atoms with Gasteiger partial charge in [0.25, 0.3) is 0 Å². The normalized spacial score (nSPS) is 27.1. The quantitative estimate of drug-likeness (QED) is 0.505.